The zero-order valence-corrected chi connectivity index (χ0v) is 8.29. The first-order valence-corrected chi connectivity index (χ1v) is 5.28. The average Bonchev–Trinajstić information content (AvgIpc) is 2.84. The van der Waals surface area contributed by atoms with Crippen LogP contribution in [0.4, 0.5) is 0 Å². The summed E-state index contributed by atoms with van der Waals surface area (Å²) < 4.78 is 0. The van der Waals surface area contributed by atoms with Crippen molar-refractivity contribution in [3.63, 3.8) is 0 Å². The normalized spacial score (nSPS) is 34.2. The number of allylic oxidation sites excluding steroid dienone is 2. The van der Waals surface area contributed by atoms with Crippen molar-refractivity contribution in [3.8, 4) is 0 Å². The Hall–Kier alpha value is -0.790. The second kappa shape index (κ2) is 3.52. The van der Waals surface area contributed by atoms with E-state index >= 15 is 0 Å². The number of hydrogen-bond donors (Lipinski definition) is 1. The molecule has 0 aromatic rings. The summed E-state index contributed by atoms with van der Waals surface area (Å²) in [5.41, 5.74) is 8.27. The molecule has 0 bridgehead atoms. The Morgan fingerprint density at radius 3 is 2.85 bits per heavy atom. The molecule has 2 aliphatic rings. The van der Waals surface area contributed by atoms with E-state index in [0.717, 1.165) is 24.6 Å². The van der Waals surface area contributed by atoms with E-state index in [2.05, 4.69) is 18.0 Å². The summed E-state index contributed by atoms with van der Waals surface area (Å²) in [5.74, 6) is 1.46. The van der Waals surface area contributed by atoms with Gasteiger partial charge in [0.2, 0.25) is 0 Å². The Bertz CT molecular complexity index is 253. The van der Waals surface area contributed by atoms with E-state index in [1.807, 2.05) is 0 Å². The SMILES string of the molecule is CC1C[C@H]1C(N)=CC1=NCCCC1. The Labute approximate surface area is 79.9 Å². The minimum Gasteiger partial charge on any atom is -0.402 e. The quantitative estimate of drug-likeness (QED) is 0.691. The number of nitrogens with zero attached hydrogens (tertiary/aromatic N) is 1. The number of nitrogens with two attached hydrogens (primary N) is 1. The van der Waals surface area contributed by atoms with Crippen molar-refractivity contribution in [2.24, 2.45) is 22.6 Å². The smallest absolute Gasteiger partial charge is 0.0392 e. The van der Waals surface area contributed by atoms with Gasteiger partial charge in [0.1, 0.15) is 0 Å². The van der Waals surface area contributed by atoms with Crippen LogP contribution in [0.3, 0.4) is 0 Å². The molecule has 2 nitrogen and oxygen atoms in total. The van der Waals surface area contributed by atoms with E-state index in [4.69, 9.17) is 5.73 Å². The second-order valence-corrected chi connectivity index (χ2v) is 4.29. The zero-order valence-electron chi connectivity index (χ0n) is 8.29. The molecule has 2 N–H and O–H groups in total. The van der Waals surface area contributed by atoms with Gasteiger partial charge < -0.3 is 5.73 Å². The molecule has 0 radical (unpaired) electrons. The maximum absolute atomic E-state index is 5.98. The number of hydrogen-bond acceptors (Lipinski definition) is 2. The van der Waals surface area contributed by atoms with Crippen molar-refractivity contribution in [1.29, 1.82) is 0 Å². The van der Waals surface area contributed by atoms with Crippen LogP contribution in [0, 0.1) is 11.8 Å². The van der Waals surface area contributed by atoms with Crippen LogP contribution < -0.4 is 5.73 Å². The van der Waals surface area contributed by atoms with Crippen molar-refractivity contribution < 1.29 is 0 Å². The minimum atomic E-state index is 0.657. The standard InChI is InChI=1S/C11H18N2/c1-8-6-10(8)11(12)7-9-4-2-3-5-13-9/h7-8,10H,2-6,12H2,1H3/t8?,10-/m1/s1. The van der Waals surface area contributed by atoms with Crippen LogP contribution >= 0.6 is 0 Å². The van der Waals surface area contributed by atoms with E-state index in [0.29, 0.717) is 5.92 Å². The lowest BCUT2D eigenvalue weighted by atomic mass is 10.1. The average molecular weight is 178 g/mol. The first kappa shape index (κ1) is 8.79. The summed E-state index contributed by atoms with van der Waals surface area (Å²) in [7, 11) is 0. The van der Waals surface area contributed by atoms with Crippen molar-refractivity contribution >= 4 is 5.71 Å². The van der Waals surface area contributed by atoms with Gasteiger partial charge in [-0.2, -0.15) is 0 Å². The summed E-state index contributed by atoms with van der Waals surface area (Å²) >= 11 is 0. The minimum absolute atomic E-state index is 0.657. The molecule has 1 aliphatic carbocycles. The van der Waals surface area contributed by atoms with Gasteiger partial charge in [0.05, 0.1) is 0 Å². The third kappa shape index (κ3) is 2.11. The third-order valence-corrected chi connectivity index (χ3v) is 3.03. The molecule has 0 spiro atoms. The molecule has 13 heavy (non-hydrogen) atoms. The van der Waals surface area contributed by atoms with Crippen LogP contribution in [0.5, 0.6) is 0 Å². The van der Waals surface area contributed by atoms with Gasteiger partial charge in [0.25, 0.3) is 0 Å². The van der Waals surface area contributed by atoms with Crippen LogP contribution in [0.15, 0.2) is 16.8 Å². The summed E-state index contributed by atoms with van der Waals surface area (Å²) in [6.07, 6.45) is 7.05. The molecule has 1 unspecified atom stereocenters. The first-order chi connectivity index (χ1) is 6.27. The lowest BCUT2D eigenvalue weighted by molar-refractivity contribution is 0.738. The molecule has 2 rings (SSSR count). The highest BCUT2D eigenvalue weighted by Gasteiger charge is 2.34. The second-order valence-electron chi connectivity index (χ2n) is 4.29. The van der Waals surface area contributed by atoms with Crippen molar-refractivity contribution in [3.05, 3.63) is 11.8 Å². The van der Waals surface area contributed by atoms with Crippen LogP contribution in [0.2, 0.25) is 0 Å². The van der Waals surface area contributed by atoms with Gasteiger partial charge in [0, 0.05) is 23.9 Å². The Morgan fingerprint density at radius 1 is 1.54 bits per heavy atom. The van der Waals surface area contributed by atoms with Crippen molar-refractivity contribution in [2.75, 3.05) is 6.54 Å². The summed E-state index contributed by atoms with van der Waals surface area (Å²) in [5, 5.41) is 0. The molecule has 2 atom stereocenters. The lowest BCUT2D eigenvalue weighted by Crippen LogP contribution is -2.08. The fraction of sp³-hybridized carbons (Fsp3) is 0.727. The molecule has 0 saturated heterocycles. The predicted molar refractivity (Wildman–Crippen MR) is 55.7 cm³/mol. The molecule has 72 valence electrons. The first-order valence-electron chi connectivity index (χ1n) is 5.28. The molecule has 1 aliphatic heterocycles. The highest BCUT2D eigenvalue weighted by atomic mass is 14.7. The summed E-state index contributed by atoms with van der Waals surface area (Å²) in [6, 6.07) is 0. The molecule has 0 aromatic carbocycles. The van der Waals surface area contributed by atoms with Gasteiger partial charge >= 0.3 is 0 Å². The molecule has 2 heteroatoms. The number of aliphatic imine (C=N–C) groups is 1. The molecular weight excluding hydrogens is 160 g/mol. The monoisotopic (exact) mass is 178 g/mol. The van der Waals surface area contributed by atoms with Gasteiger partial charge in [-0.1, -0.05) is 6.92 Å². The third-order valence-electron chi connectivity index (χ3n) is 3.03. The zero-order chi connectivity index (χ0) is 9.26. The largest absolute Gasteiger partial charge is 0.402 e. The maximum Gasteiger partial charge on any atom is 0.0392 e. The van der Waals surface area contributed by atoms with E-state index in [1.54, 1.807) is 0 Å². The topological polar surface area (TPSA) is 38.4 Å². The van der Waals surface area contributed by atoms with E-state index < -0.39 is 0 Å². The summed E-state index contributed by atoms with van der Waals surface area (Å²) in [6.45, 7) is 3.26. The molecule has 0 amide bonds. The Kier molecular flexibility index (Phi) is 2.38. The van der Waals surface area contributed by atoms with Gasteiger partial charge in [-0.15, -0.1) is 0 Å². The molecule has 0 aromatic heterocycles. The summed E-state index contributed by atoms with van der Waals surface area (Å²) in [4.78, 5) is 4.46. The van der Waals surface area contributed by atoms with Gasteiger partial charge in [-0.25, -0.2) is 0 Å². The Morgan fingerprint density at radius 2 is 2.31 bits per heavy atom. The van der Waals surface area contributed by atoms with Crippen molar-refractivity contribution in [1.82, 2.24) is 0 Å². The molecule has 1 saturated carbocycles. The Balaban J connectivity index is 1.97. The maximum atomic E-state index is 5.98. The van der Waals surface area contributed by atoms with E-state index in [9.17, 15) is 0 Å². The fourth-order valence-corrected chi connectivity index (χ4v) is 1.92. The molecule has 1 fully saturated rings. The number of rotatable bonds is 2. The van der Waals surface area contributed by atoms with Crippen LogP contribution in [-0.2, 0) is 0 Å². The van der Waals surface area contributed by atoms with Crippen LogP contribution in [0.25, 0.3) is 0 Å². The van der Waals surface area contributed by atoms with Gasteiger partial charge in [-0.3, -0.25) is 4.99 Å². The van der Waals surface area contributed by atoms with Crippen LogP contribution in [-0.4, -0.2) is 12.3 Å². The van der Waals surface area contributed by atoms with E-state index in [1.165, 1.54) is 25.0 Å². The molecular formula is C11H18N2. The lowest BCUT2D eigenvalue weighted by Gasteiger charge is -2.08. The van der Waals surface area contributed by atoms with Gasteiger partial charge in [0.15, 0.2) is 0 Å². The highest BCUT2D eigenvalue weighted by Crippen LogP contribution is 2.41. The van der Waals surface area contributed by atoms with E-state index in [-0.39, 0.29) is 0 Å². The molecule has 1 heterocycles. The fourth-order valence-electron chi connectivity index (χ4n) is 1.92. The highest BCUT2D eigenvalue weighted by molar-refractivity contribution is 5.95. The van der Waals surface area contributed by atoms with Gasteiger partial charge in [-0.05, 0) is 37.7 Å². The van der Waals surface area contributed by atoms with Crippen molar-refractivity contribution in [2.45, 2.75) is 32.6 Å². The van der Waals surface area contributed by atoms with Crippen LogP contribution in [0.1, 0.15) is 32.6 Å². The predicted octanol–water partition coefficient (Wildman–Crippen LogP) is 2.11.